The van der Waals surface area contributed by atoms with Crippen molar-refractivity contribution in [1.29, 1.82) is 0 Å². The molecule has 1 N–H and O–H groups in total. The summed E-state index contributed by atoms with van der Waals surface area (Å²) in [7, 11) is 4.51. The third-order valence-corrected chi connectivity index (χ3v) is 4.88. The van der Waals surface area contributed by atoms with Crippen molar-refractivity contribution in [1.82, 2.24) is 13.7 Å². The minimum atomic E-state index is -0.470. The Kier molecular flexibility index (Phi) is 4.63. The molecule has 0 saturated heterocycles. The number of carbonyl (C=O) groups excluding carboxylic acids is 1. The van der Waals surface area contributed by atoms with Crippen LogP contribution in [0, 0.1) is 0 Å². The summed E-state index contributed by atoms with van der Waals surface area (Å²) in [6.45, 7) is 0.733. The molecule has 1 aromatic carbocycles. The standard InChI is InChI=1S/C19H20N4O6/c1-21-17-12(18(25)22(2)19(21)26)9-13(23(17)6-7-27-3)16(24)20-11-4-5-14-15(8-11)29-10-28-14/h4-5,8-9H,6-7,10H2,1-3H3,(H,20,24). The summed E-state index contributed by atoms with van der Waals surface area (Å²) in [6, 6.07) is 6.56. The third-order valence-electron chi connectivity index (χ3n) is 4.88. The fraction of sp³-hybridized carbons (Fsp3) is 0.316. The van der Waals surface area contributed by atoms with Crippen LogP contribution in [0.1, 0.15) is 10.5 Å². The first-order valence-corrected chi connectivity index (χ1v) is 8.91. The molecule has 0 fully saturated rings. The van der Waals surface area contributed by atoms with Gasteiger partial charge in [0.05, 0.1) is 12.0 Å². The van der Waals surface area contributed by atoms with Gasteiger partial charge < -0.3 is 24.1 Å². The van der Waals surface area contributed by atoms with Gasteiger partial charge in [0.1, 0.15) is 11.3 Å². The highest BCUT2D eigenvalue weighted by molar-refractivity contribution is 6.06. The lowest BCUT2D eigenvalue weighted by Gasteiger charge is -2.13. The molecule has 1 aliphatic rings. The van der Waals surface area contributed by atoms with Gasteiger partial charge in [0, 0.05) is 39.5 Å². The van der Waals surface area contributed by atoms with Gasteiger partial charge in [0.25, 0.3) is 11.5 Å². The number of aryl methyl sites for hydroxylation is 1. The van der Waals surface area contributed by atoms with E-state index >= 15 is 0 Å². The molecule has 29 heavy (non-hydrogen) atoms. The van der Waals surface area contributed by atoms with Crippen LogP contribution in [0.3, 0.4) is 0 Å². The summed E-state index contributed by atoms with van der Waals surface area (Å²) in [5, 5.41) is 3.08. The normalized spacial score (nSPS) is 12.5. The Bertz CT molecular complexity index is 1240. The lowest BCUT2D eigenvalue weighted by atomic mass is 10.2. The number of aromatic nitrogens is 3. The first kappa shape index (κ1) is 18.8. The first-order valence-electron chi connectivity index (χ1n) is 8.91. The van der Waals surface area contributed by atoms with Crippen molar-refractivity contribution < 1.29 is 19.0 Å². The molecule has 3 aromatic rings. The second kappa shape index (κ2) is 7.13. The van der Waals surface area contributed by atoms with E-state index in [0.29, 0.717) is 36.0 Å². The average molecular weight is 400 g/mol. The van der Waals surface area contributed by atoms with Gasteiger partial charge in [-0.15, -0.1) is 0 Å². The monoisotopic (exact) mass is 400 g/mol. The molecule has 0 saturated carbocycles. The molecule has 0 unspecified atom stereocenters. The zero-order chi connectivity index (χ0) is 20.7. The number of methoxy groups -OCH3 is 1. The number of fused-ring (bicyclic) bond motifs is 2. The van der Waals surface area contributed by atoms with Crippen molar-refractivity contribution in [3.8, 4) is 11.5 Å². The maximum atomic E-state index is 13.0. The Balaban J connectivity index is 1.80. The van der Waals surface area contributed by atoms with Gasteiger partial charge >= 0.3 is 5.69 Å². The second-order valence-electron chi connectivity index (χ2n) is 6.64. The van der Waals surface area contributed by atoms with Crippen LogP contribution in [-0.4, -0.2) is 40.1 Å². The maximum Gasteiger partial charge on any atom is 0.332 e. The largest absolute Gasteiger partial charge is 0.454 e. The SMILES string of the molecule is COCCn1c(C(=O)Nc2ccc3c(c2)OCO3)cc2c(=O)n(C)c(=O)n(C)c21. The van der Waals surface area contributed by atoms with Crippen molar-refractivity contribution in [2.75, 3.05) is 25.8 Å². The number of rotatable bonds is 5. The van der Waals surface area contributed by atoms with Gasteiger partial charge in [-0.2, -0.15) is 0 Å². The van der Waals surface area contributed by atoms with E-state index in [4.69, 9.17) is 14.2 Å². The number of carbonyl (C=O) groups is 1. The van der Waals surface area contributed by atoms with E-state index in [1.807, 2.05) is 0 Å². The highest BCUT2D eigenvalue weighted by Crippen LogP contribution is 2.34. The predicted molar refractivity (Wildman–Crippen MR) is 105 cm³/mol. The molecule has 2 aromatic heterocycles. The zero-order valence-electron chi connectivity index (χ0n) is 16.2. The van der Waals surface area contributed by atoms with E-state index in [9.17, 15) is 14.4 Å². The Hall–Kier alpha value is -3.53. The van der Waals surface area contributed by atoms with Crippen LogP contribution < -0.4 is 26.0 Å². The summed E-state index contributed by atoms with van der Waals surface area (Å²) >= 11 is 0. The summed E-state index contributed by atoms with van der Waals surface area (Å²) in [4.78, 5) is 38.0. The fourth-order valence-electron chi connectivity index (χ4n) is 3.41. The number of amides is 1. The lowest BCUT2D eigenvalue weighted by Crippen LogP contribution is -2.37. The summed E-state index contributed by atoms with van der Waals surface area (Å²) in [6.07, 6.45) is 0. The summed E-state index contributed by atoms with van der Waals surface area (Å²) in [5.74, 6) is 0.723. The van der Waals surface area contributed by atoms with Gasteiger partial charge in [0.15, 0.2) is 11.5 Å². The topological polar surface area (TPSA) is 106 Å². The first-order chi connectivity index (χ1) is 13.9. The Morgan fingerprint density at radius 2 is 1.90 bits per heavy atom. The van der Waals surface area contributed by atoms with Gasteiger partial charge in [-0.25, -0.2) is 4.79 Å². The molecule has 0 bridgehead atoms. The molecular weight excluding hydrogens is 380 g/mol. The smallest absolute Gasteiger partial charge is 0.332 e. The van der Waals surface area contributed by atoms with E-state index in [2.05, 4.69) is 5.32 Å². The number of nitrogens with one attached hydrogen (secondary N) is 1. The molecule has 0 spiro atoms. The van der Waals surface area contributed by atoms with Crippen molar-refractivity contribution in [2.24, 2.45) is 14.1 Å². The molecule has 10 heteroatoms. The number of benzene rings is 1. The Morgan fingerprint density at radius 1 is 1.14 bits per heavy atom. The van der Waals surface area contributed by atoms with E-state index in [1.54, 1.807) is 29.8 Å². The highest BCUT2D eigenvalue weighted by atomic mass is 16.7. The van der Waals surface area contributed by atoms with Gasteiger partial charge in [-0.3, -0.25) is 18.7 Å². The van der Waals surface area contributed by atoms with E-state index in [0.717, 1.165) is 4.57 Å². The van der Waals surface area contributed by atoms with Crippen LogP contribution in [0.25, 0.3) is 11.0 Å². The minimum Gasteiger partial charge on any atom is -0.454 e. The zero-order valence-corrected chi connectivity index (χ0v) is 16.2. The third kappa shape index (κ3) is 3.07. The van der Waals surface area contributed by atoms with Crippen molar-refractivity contribution >= 4 is 22.6 Å². The summed E-state index contributed by atoms with van der Waals surface area (Å²) in [5.41, 5.74) is 0.196. The molecule has 1 aliphatic heterocycles. The molecule has 10 nitrogen and oxygen atoms in total. The molecule has 0 aliphatic carbocycles. The molecule has 4 rings (SSSR count). The van der Waals surface area contributed by atoms with Gasteiger partial charge in [0.2, 0.25) is 6.79 Å². The molecular formula is C19H20N4O6. The molecule has 1 amide bonds. The van der Waals surface area contributed by atoms with Crippen LogP contribution in [0.4, 0.5) is 5.69 Å². The van der Waals surface area contributed by atoms with Crippen LogP contribution in [0.15, 0.2) is 33.9 Å². The quantitative estimate of drug-likeness (QED) is 0.675. The number of hydrogen-bond donors (Lipinski definition) is 1. The van der Waals surface area contributed by atoms with E-state index in [-0.39, 0.29) is 17.9 Å². The van der Waals surface area contributed by atoms with Crippen molar-refractivity contribution in [2.45, 2.75) is 6.54 Å². The lowest BCUT2D eigenvalue weighted by molar-refractivity contribution is 0.101. The Labute approximate surface area is 164 Å². The van der Waals surface area contributed by atoms with Gasteiger partial charge in [-0.05, 0) is 18.2 Å². The molecule has 0 radical (unpaired) electrons. The Morgan fingerprint density at radius 3 is 2.66 bits per heavy atom. The van der Waals surface area contributed by atoms with Crippen LogP contribution >= 0.6 is 0 Å². The van der Waals surface area contributed by atoms with E-state index in [1.165, 1.54) is 24.8 Å². The fourth-order valence-corrected chi connectivity index (χ4v) is 3.41. The summed E-state index contributed by atoms with van der Waals surface area (Å²) < 4.78 is 19.7. The number of hydrogen-bond acceptors (Lipinski definition) is 6. The number of anilines is 1. The predicted octanol–water partition coefficient (Wildman–Crippen LogP) is 0.666. The van der Waals surface area contributed by atoms with Gasteiger partial charge in [-0.1, -0.05) is 0 Å². The number of ether oxygens (including phenoxy) is 3. The van der Waals surface area contributed by atoms with Crippen molar-refractivity contribution in [3.63, 3.8) is 0 Å². The maximum absolute atomic E-state index is 13.0. The molecule has 3 heterocycles. The van der Waals surface area contributed by atoms with Crippen LogP contribution in [0.5, 0.6) is 11.5 Å². The van der Waals surface area contributed by atoms with Crippen LogP contribution in [-0.2, 0) is 25.4 Å². The van der Waals surface area contributed by atoms with Crippen LogP contribution in [0.2, 0.25) is 0 Å². The second-order valence-corrected chi connectivity index (χ2v) is 6.64. The highest BCUT2D eigenvalue weighted by Gasteiger charge is 2.22. The number of nitrogens with zero attached hydrogens (tertiary/aromatic N) is 3. The van der Waals surface area contributed by atoms with E-state index < -0.39 is 17.2 Å². The molecule has 152 valence electrons. The minimum absolute atomic E-state index is 0.134. The van der Waals surface area contributed by atoms with Crippen molar-refractivity contribution in [3.05, 3.63) is 50.8 Å². The molecule has 0 atom stereocenters. The average Bonchev–Trinajstić information content (AvgIpc) is 3.33.